The van der Waals surface area contributed by atoms with Gasteiger partial charge in [-0.1, -0.05) is 11.8 Å². The Balaban J connectivity index is 2.58. The van der Waals surface area contributed by atoms with Gasteiger partial charge in [0.05, 0.1) is 12.6 Å². The highest BCUT2D eigenvalue weighted by Crippen LogP contribution is 2.20. The predicted octanol–water partition coefficient (Wildman–Crippen LogP) is 1.95. The minimum atomic E-state index is -0.443. The lowest BCUT2D eigenvalue weighted by atomic mass is 10.2. The van der Waals surface area contributed by atoms with Crippen LogP contribution in [-0.2, 0) is 4.74 Å². The van der Waals surface area contributed by atoms with Crippen molar-refractivity contribution in [2.75, 3.05) is 27.2 Å². The molecule has 1 rings (SSSR count). The molecular formula is C14H24N2O2. The average Bonchev–Trinajstić information content (AvgIpc) is 2.62. The van der Waals surface area contributed by atoms with Crippen LogP contribution in [-0.4, -0.2) is 54.7 Å². The fourth-order valence-corrected chi connectivity index (χ4v) is 1.78. The maximum absolute atomic E-state index is 12.0. The van der Waals surface area contributed by atoms with Crippen LogP contribution < -0.4 is 0 Å². The van der Waals surface area contributed by atoms with Crippen LogP contribution in [0.1, 0.15) is 33.6 Å². The van der Waals surface area contributed by atoms with Gasteiger partial charge in [0.1, 0.15) is 5.60 Å². The zero-order chi connectivity index (χ0) is 13.8. The highest BCUT2D eigenvalue weighted by molar-refractivity contribution is 5.69. The Kier molecular flexibility index (Phi) is 5.03. The van der Waals surface area contributed by atoms with E-state index >= 15 is 0 Å². The van der Waals surface area contributed by atoms with Crippen molar-refractivity contribution >= 4 is 6.09 Å². The molecule has 1 atom stereocenters. The Labute approximate surface area is 110 Å². The molecule has 0 aromatic carbocycles. The minimum absolute atomic E-state index is 0.0137. The molecule has 0 aromatic heterocycles. The lowest BCUT2D eigenvalue weighted by Gasteiger charge is -2.26. The van der Waals surface area contributed by atoms with Crippen LogP contribution >= 0.6 is 0 Å². The van der Waals surface area contributed by atoms with Gasteiger partial charge in [-0.3, -0.25) is 9.80 Å². The molecule has 0 radical (unpaired) electrons. The molecule has 4 heteroatoms. The number of carbonyl (C=O) groups excluding carboxylic acids is 1. The third-order valence-corrected chi connectivity index (χ3v) is 2.54. The Hall–Kier alpha value is -1.21. The number of hydrogen-bond acceptors (Lipinski definition) is 3. The average molecular weight is 252 g/mol. The second kappa shape index (κ2) is 6.10. The van der Waals surface area contributed by atoms with E-state index in [4.69, 9.17) is 4.74 Å². The molecule has 0 unspecified atom stereocenters. The summed E-state index contributed by atoms with van der Waals surface area (Å²) in [6.45, 7) is 7.12. The third-order valence-electron chi connectivity index (χ3n) is 2.54. The Morgan fingerprint density at radius 3 is 2.67 bits per heavy atom. The smallest absolute Gasteiger partial charge is 0.411 e. The van der Waals surface area contributed by atoms with Gasteiger partial charge >= 0.3 is 6.09 Å². The molecule has 18 heavy (non-hydrogen) atoms. The van der Waals surface area contributed by atoms with Crippen molar-refractivity contribution in [1.29, 1.82) is 0 Å². The van der Waals surface area contributed by atoms with E-state index in [1.165, 1.54) is 0 Å². The lowest BCUT2D eigenvalue weighted by Crippen LogP contribution is -2.39. The SMILES string of the molecule is CN(C)CC#C[C@@H]1CCCN1C(=O)OC(C)(C)C. The first-order valence-corrected chi connectivity index (χ1v) is 6.42. The Morgan fingerprint density at radius 2 is 2.11 bits per heavy atom. The summed E-state index contributed by atoms with van der Waals surface area (Å²) < 4.78 is 5.39. The topological polar surface area (TPSA) is 32.8 Å². The fourth-order valence-electron chi connectivity index (χ4n) is 1.78. The van der Waals surface area contributed by atoms with Crippen molar-refractivity contribution in [3.8, 4) is 11.8 Å². The van der Waals surface area contributed by atoms with Crippen molar-refractivity contribution in [3.63, 3.8) is 0 Å². The van der Waals surface area contributed by atoms with E-state index in [1.807, 2.05) is 39.8 Å². The van der Waals surface area contributed by atoms with E-state index in [9.17, 15) is 4.79 Å². The summed E-state index contributed by atoms with van der Waals surface area (Å²) >= 11 is 0. The standard InChI is InChI=1S/C14H24N2O2/c1-14(2,3)18-13(17)16-11-7-9-12(16)8-6-10-15(4)5/h12H,7,9-11H2,1-5H3/t12-/m1/s1. The molecule has 1 fully saturated rings. The zero-order valence-corrected chi connectivity index (χ0v) is 12.1. The molecule has 1 amide bonds. The van der Waals surface area contributed by atoms with E-state index in [2.05, 4.69) is 11.8 Å². The van der Waals surface area contributed by atoms with Crippen LogP contribution in [0, 0.1) is 11.8 Å². The predicted molar refractivity (Wildman–Crippen MR) is 72.3 cm³/mol. The quantitative estimate of drug-likeness (QED) is 0.669. The van der Waals surface area contributed by atoms with Crippen LogP contribution in [0.3, 0.4) is 0 Å². The maximum Gasteiger partial charge on any atom is 0.411 e. The van der Waals surface area contributed by atoms with Gasteiger partial charge in [0, 0.05) is 6.54 Å². The highest BCUT2D eigenvalue weighted by atomic mass is 16.6. The number of likely N-dealkylation sites (tertiary alicyclic amines) is 1. The summed E-state index contributed by atoms with van der Waals surface area (Å²) in [6.07, 6.45) is 1.70. The molecule has 4 nitrogen and oxygen atoms in total. The number of rotatable bonds is 1. The lowest BCUT2D eigenvalue weighted by molar-refractivity contribution is 0.0261. The van der Waals surface area contributed by atoms with E-state index in [0.29, 0.717) is 0 Å². The molecule has 1 aliphatic rings. The molecule has 0 bridgehead atoms. The number of nitrogens with zero attached hydrogens (tertiary/aromatic N) is 2. The Morgan fingerprint density at radius 1 is 1.44 bits per heavy atom. The summed E-state index contributed by atoms with van der Waals surface area (Å²) in [5.74, 6) is 6.26. The van der Waals surface area contributed by atoms with Gasteiger partial charge in [-0.2, -0.15) is 0 Å². The van der Waals surface area contributed by atoms with Crippen LogP contribution in [0.5, 0.6) is 0 Å². The molecule has 0 aromatic rings. The molecule has 1 aliphatic heterocycles. The van der Waals surface area contributed by atoms with E-state index in [0.717, 1.165) is 25.9 Å². The van der Waals surface area contributed by atoms with Crippen LogP contribution in [0.25, 0.3) is 0 Å². The molecule has 0 aliphatic carbocycles. The fraction of sp³-hybridized carbons (Fsp3) is 0.786. The van der Waals surface area contributed by atoms with Crippen molar-refractivity contribution in [1.82, 2.24) is 9.80 Å². The first kappa shape index (κ1) is 14.8. The molecule has 0 spiro atoms. The van der Waals surface area contributed by atoms with Crippen molar-refractivity contribution < 1.29 is 9.53 Å². The second-order valence-corrected chi connectivity index (χ2v) is 5.89. The van der Waals surface area contributed by atoms with Crippen LogP contribution in [0.15, 0.2) is 0 Å². The zero-order valence-electron chi connectivity index (χ0n) is 12.1. The first-order chi connectivity index (χ1) is 8.29. The molecule has 1 heterocycles. The van der Waals surface area contributed by atoms with Crippen LogP contribution in [0.2, 0.25) is 0 Å². The largest absolute Gasteiger partial charge is 0.444 e. The van der Waals surface area contributed by atoms with E-state index in [1.54, 1.807) is 4.90 Å². The monoisotopic (exact) mass is 252 g/mol. The van der Waals surface area contributed by atoms with Gasteiger partial charge < -0.3 is 4.74 Å². The van der Waals surface area contributed by atoms with Gasteiger partial charge in [-0.25, -0.2) is 4.79 Å². The summed E-state index contributed by atoms with van der Waals surface area (Å²) in [6, 6.07) is 0.0137. The first-order valence-electron chi connectivity index (χ1n) is 6.42. The van der Waals surface area contributed by atoms with Gasteiger partial charge in [-0.05, 0) is 47.7 Å². The van der Waals surface area contributed by atoms with Gasteiger partial charge in [0.15, 0.2) is 0 Å². The molecular weight excluding hydrogens is 228 g/mol. The van der Waals surface area contributed by atoms with E-state index < -0.39 is 5.60 Å². The minimum Gasteiger partial charge on any atom is -0.444 e. The summed E-state index contributed by atoms with van der Waals surface area (Å²) in [5.41, 5.74) is -0.443. The van der Waals surface area contributed by atoms with Crippen molar-refractivity contribution in [2.45, 2.75) is 45.3 Å². The maximum atomic E-state index is 12.0. The second-order valence-electron chi connectivity index (χ2n) is 5.89. The summed E-state index contributed by atoms with van der Waals surface area (Å²) in [5, 5.41) is 0. The number of hydrogen-bond donors (Lipinski definition) is 0. The Bertz CT molecular complexity index is 347. The van der Waals surface area contributed by atoms with Gasteiger partial charge in [0.25, 0.3) is 0 Å². The van der Waals surface area contributed by atoms with Crippen molar-refractivity contribution in [2.24, 2.45) is 0 Å². The number of carbonyl (C=O) groups is 1. The summed E-state index contributed by atoms with van der Waals surface area (Å²) in [4.78, 5) is 15.8. The van der Waals surface area contributed by atoms with Gasteiger partial charge in [-0.15, -0.1) is 0 Å². The third kappa shape index (κ3) is 4.97. The van der Waals surface area contributed by atoms with Crippen LogP contribution in [0.4, 0.5) is 4.79 Å². The van der Waals surface area contributed by atoms with Gasteiger partial charge in [0.2, 0.25) is 0 Å². The summed E-state index contributed by atoms with van der Waals surface area (Å²) in [7, 11) is 3.96. The molecule has 0 saturated carbocycles. The van der Waals surface area contributed by atoms with E-state index in [-0.39, 0.29) is 12.1 Å². The number of ether oxygens (including phenoxy) is 1. The molecule has 1 saturated heterocycles. The highest BCUT2D eigenvalue weighted by Gasteiger charge is 2.30. The normalized spacial score (nSPS) is 19.7. The molecule has 102 valence electrons. The molecule has 0 N–H and O–H groups in total. The number of amides is 1. The van der Waals surface area contributed by atoms with Crippen molar-refractivity contribution in [3.05, 3.63) is 0 Å².